The van der Waals surface area contributed by atoms with Crippen LogP contribution in [0.2, 0.25) is 0 Å². The van der Waals surface area contributed by atoms with Crippen molar-refractivity contribution in [3.63, 3.8) is 0 Å². The van der Waals surface area contributed by atoms with E-state index >= 15 is 0 Å². The van der Waals surface area contributed by atoms with E-state index in [0.29, 0.717) is 11.5 Å². The fraction of sp³-hybridized carbons (Fsp3) is 0.667. The van der Waals surface area contributed by atoms with Crippen molar-refractivity contribution in [2.45, 2.75) is 44.6 Å². The lowest BCUT2D eigenvalue weighted by Crippen LogP contribution is -2.51. The van der Waals surface area contributed by atoms with E-state index in [-0.39, 0.29) is 0 Å². The predicted octanol–water partition coefficient (Wildman–Crippen LogP) is 4.93. The molecule has 0 heterocycles. The van der Waals surface area contributed by atoms with Gasteiger partial charge in [-0.2, -0.15) is 0 Å². The van der Waals surface area contributed by atoms with Crippen molar-refractivity contribution in [2.24, 2.45) is 23.2 Å². The molecule has 0 radical (unpaired) electrons. The first-order valence-electron chi connectivity index (χ1n) is 8.11. The van der Waals surface area contributed by atoms with Crippen molar-refractivity contribution in [1.82, 2.24) is 5.32 Å². The minimum absolute atomic E-state index is 0.532. The second kappa shape index (κ2) is 4.84. The van der Waals surface area contributed by atoms with Crippen LogP contribution in [0.25, 0.3) is 0 Å². The van der Waals surface area contributed by atoms with Crippen LogP contribution in [0.3, 0.4) is 0 Å². The minimum Gasteiger partial charge on any atom is -0.313 e. The molecule has 4 aliphatic carbocycles. The number of nitrogens with one attached hydrogen (secondary N) is 1. The molecule has 0 aromatic heterocycles. The summed E-state index contributed by atoms with van der Waals surface area (Å²) < 4.78 is 1.21. The molecule has 20 heavy (non-hydrogen) atoms. The third-order valence-corrected chi connectivity index (χ3v) is 6.66. The highest BCUT2D eigenvalue weighted by Crippen LogP contribution is 2.63. The molecule has 0 amide bonds. The van der Waals surface area contributed by atoms with Crippen LogP contribution >= 0.6 is 15.9 Å². The maximum absolute atomic E-state index is 3.68. The molecule has 1 nitrogen and oxygen atoms in total. The van der Waals surface area contributed by atoms with Gasteiger partial charge in [0.05, 0.1) is 0 Å². The molecule has 4 saturated carbocycles. The summed E-state index contributed by atoms with van der Waals surface area (Å²) in [5.41, 5.74) is 2.01. The number of halogens is 1. The lowest BCUT2D eigenvalue weighted by atomic mass is 9.47. The average Bonchev–Trinajstić information content (AvgIpc) is 2.37. The van der Waals surface area contributed by atoms with E-state index in [9.17, 15) is 0 Å². The molecule has 108 valence electrons. The van der Waals surface area contributed by atoms with E-state index in [4.69, 9.17) is 0 Å². The Balaban J connectivity index is 1.70. The lowest BCUT2D eigenvalue weighted by molar-refractivity contribution is -0.0736. The molecule has 4 bridgehead atoms. The normalized spacial score (nSPS) is 40.0. The van der Waals surface area contributed by atoms with Gasteiger partial charge in [0, 0.05) is 10.5 Å². The van der Waals surface area contributed by atoms with E-state index in [2.05, 4.69) is 52.6 Å². The van der Waals surface area contributed by atoms with Gasteiger partial charge in [-0.05, 0) is 86.4 Å². The molecule has 4 aliphatic rings. The van der Waals surface area contributed by atoms with Gasteiger partial charge < -0.3 is 5.32 Å². The Hall–Kier alpha value is -0.340. The van der Waals surface area contributed by atoms with Gasteiger partial charge >= 0.3 is 0 Å². The van der Waals surface area contributed by atoms with Gasteiger partial charge in [0.25, 0.3) is 0 Å². The van der Waals surface area contributed by atoms with E-state index in [1.807, 2.05) is 0 Å². The zero-order chi connectivity index (χ0) is 13.7. The topological polar surface area (TPSA) is 12.0 Å². The summed E-state index contributed by atoms with van der Waals surface area (Å²) in [4.78, 5) is 0. The van der Waals surface area contributed by atoms with Crippen LogP contribution < -0.4 is 5.32 Å². The van der Waals surface area contributed by atoms with Crippen LogP contribution in [0.15, 0.2) is 28.7 Å². The third kappa shape index (κ3) is 2.07. The Morgan fingerprint density at radius 1 is 1.10 bits per heavy atom. The lowest BCUT2D eigenvalue weighted by Gasteiger charge is -2.59. The van der Waals surface area contributed by atoms with E-state index in [1.165, 1.54) is 48.6 Å². The first-order valence-corrected chi connectivity index (χ1v) is 8.90. The molecule has 1 N–H and O–H groups in total. The zero-order valence-electron chi connectivity index (χ0n) is 12.2. The molecule has 1 aromatic rings. The Morgan fingerprint density at radius 2 is 1.70 bits per heavy atom. The highest BCUT2D eigenvalue weighted by molar-refractivity contribution is 9.10. The van der Waals surface area contributed by atoms with Crippen LogP contribution in [-0.4, -0.2) is 7.05 Å². The molecule has 2 heteroatoms. The van der Waals surface area contributed by atoms with Crippen LogP contribution in [0, 0.1) is 23.2 Å². The second-order valence-electron chi connectivity index (χ2n) is 7.56. The molecule has 1 aromatic carbocycles. The van der Waals surface area contributed by atoms with Crippen molar-refractivity contribution < 1.29 is 0 Å². The minimum atomic E-state index is 0.532. The molecule has 0 saturated heterocycles. The molecular weight excluding hydrogens is 310 g/mol. The quantitative estimate of drug-likeness (QED) is 0.827. The van der Waals surface area contributed by atoms with Crippen LogP contribution in [0.5, 0.6) is 0 Å². The highest BCUT2D eigenvalue weighted by Gasteiger charge is 2.54. The van der Waals surface area contributed by atoms with Gasteiger partial charge in [-0.15, -0.1) is 0 Å². The molecular formula is C18H24BrN. The van der Waals surface area contributed by atoms with Crippen molar-refractivity contribution in [3.8, 4) is 0 Å². The smallest absolute Gasteiger partial charge is 0.0375 e. The summed E-state index contributed by atoms with van der Waals surface area (Å²) in [6.07, 6.45) is 8.93. The average molecular weight is 334 g/mol. The maximum Gasteiger partial charge on any atom is 0.0375 e. The van der Waals surface area contributed by atoms with Gasteiger partial charge in [0.2, 0.25) is 0 Å². The Morgan fingerprint density at radius 3 is 2.20 bits per heavy atom. The molecule has 1 unspecified atom stereocenters. The molecule has 0 spiro atoms. The van der Waals surface area contributed by atoms with Gasteiger partial charge in [-0.1, -0.05) is 28.1 Å². The number of hydrogen-bond donors (Lipinski definition) is 1. The third-order valence-electron chi connectivity index (χ3n) is 6.17. The molecule has 4 fully saturated rings. The summed E-state index contributed by atoms with van der Waals surface area (Å²) in [7, 11) is 2.16. The van der Waals surface area contributed by atoms with Crippen LogP contribution in [0.4, 0.5) is 0 Å². The number of benzene rings is 1. The van der Waals surface area contributed by atoms with E-state index < -0.39 is 0 Å². The van der Waals surface area contributed by atoms with Crippen molar-refractivity contribution in [2.75, 3.05) is 7.05 Å². The highest BCUT2D eigenvalue weighted by atomic mass is 79.9. The predicted molar refractivity (Wildman–Crippen MR) is 86.5 cm³/mol. The summed E-state index contributed by atoms with van der Waals surface area (Å²) in [6, 6.07) is 9.48. The number of hydrogen-bond acceptors (Lipinski definition) is 1. The van der Waals surface area contributed by atoms with Crippen LogP contribution in [0.1, 0.15) is 50.1 Å². The summed E-state index contributed by atoms with van der Waals surface area (Å²) in [6.45, 7) is 0. The van der Waals surface area contributed by atoms with Crippen molar-refractivity contribution in [1.29, 1.82) is 0 Å². The van der Waals surface area contributed by atoms with Crippen molar-refractivity contribution >= 4 is 15.9 Å². The summed E-state index contributed by atoms with van der Waals surface area (Å²) in [5, 5.41) is 3.68. The van der Waals surface area contributed by atoms with Gasteiger partial charge in [-0.25, -0.2) is 0 Å². The Labute approximate surface area is 130 Å². The number of rotatable bonds is 3. The monoisotopic (exact) mass is 333 g/mol. The fourth-order valence-corrected chi connectivity index (χ4v) is 6.46. The molecule has 0 aliphatic heterocycles. The SMILES string of the molecule is CNC(c1cccc(Br)c1)C12CC3CC(CC(C3)C1)C2. The van der Waals surface area contributed by atoms with E-state index in [0.717, 1.165) is 17.8 Å². The summed E-state index contributed by atoms with van der Waals surface area (Å²) in [5.74, 6) is 3.05. The standard InChI is InChI=1S/C18H24BrN/c1-20-17(15-3-2-4-16(19)8-15)18-9-12-5-13(10-18)7-14(6-12)11-18/h2-4,8,12-14,17,20H,5-7,9-11H2,1H3. The van der Waals surface area contributed by atoms with Crippen molar-refractivity contribution in [3.05, 3.63) is 34.3 Å². The van der Waals surface area contributed by atoms with Gasteiger partial charge in [0.1, 0.15) is 0 Å². The summed E-state index contributed by atoms with van der Waals surface area (Å²) >= 11 is 3.64. The Bertz CT molecular complexity index is 475. The van der Waals surface area contributed by atoms with Gasteiger partial charge in [-0.3, -0.25) is 0 Å². The van der Waals surface area contributed by atoms with E-state index in [1.54, 1.807) is 0 Å². The zero-order valence-corrected chi connectivity index (χ0v) is 13.8. The van der Waals surface area contributed by atoms with Crippen LogP contribution in [-0.2, 0) is 0 Å². The fourth-order valence-electron chi connectivity index (χ4n) is 6.04. The largest absolute Gasteiger partial charge is 0.313 e. The first-order chi connectivity index (χ1) is 9.68. The first kappa shape index (κ1) is 13.3. The van der Waals surface area contributed by atoms with Gasteiger partial charge in [0.15, 0.2) is 0 Å². The maximum atomic E-state index is 3.68. The Kier molecular flexibility index (Phi) is 3.23. The molecule has 1 atom stereocenters. The molecule has 5 rings (SSSR count). The second-order valence-corrected chi connectivity index (χ2v) is 8.47.